The molecule has 1 aromatic heterocycles. The highest BCUT2D eigenvalue weighted by molar-refractivity contribution is 6.14. The third-order valence-corrected chi connectivity index (χ3v) is 8.93. The molecule has 0 fully saturated rings. The first-order chi connectivity index (χ1) is 22.2. The lowest BCUT2D eigenvalue weighted by Crippen LogP contribution is -2.19. The monoisotopic (exact) mass is 575 g/mol. The van der Waals surface area contributed by atoms with Crippen molar-refractivity contribution in [1.82, 2.24) is 4.57 Å². The van der Waals surface area contributed by atoms with Gasteiger partial charge in [-0.2, -0.15) is 0 Å². The lowest BCUT2D eigenvalue weighted by Gasteiger charge is -2.21. The van der Waals surface area contributed by atoms with Gasteiger partial charge < -0.3 is 0 Å². The molecule has 8 aromatic rings. The van der Waals surface area contributed by atoms with E-state index in [9.17, 15) is 4.79 Å². The normalized spacial score (nSPS) is 11.4. The average Bonchev–Trinajstić information content (AvgIpc) is 3.10. The van der Waals surface area contributed by atoms with Gasteiger partial charge in [-0.3, -0.25) is 9.36 Å². The summed E-state index contributed by atoms with van der Waals surface area (Å²) in [4.78, 5) is 13.8. The molecule has 0 saturated carbocycles. The number of para-hydroxylation sites is 1. The topological polar surface area (TPSA) is 22.0 Å². The number of aromatic nitrogens is 1. The lowest BCUT2D eigenvalue weighted by molar-refractivity contribution is 1.06. The minimum absolute atomic E-state index is 0.0250. The number of hydrogen-bond donors (Lipinski definition) is 0. The molecule has 0 saturated heterocycles. The number of pyridine rings is 1. The van der Waals surface area contributed by atoms with E-state index in [1.54, 1.807) is 0 Å². The third-order valence-electron chi connectivity index (χ3n) is 8.93. The Morgan fingerprint density at radius 3 is 1.67 bits per heavy atom. The molecular formula is C43H29NO. The molecule has 0 radical (unpaired) electrons. The van der Waals surface area contributed by atoms with Gasteiger partial charge >= 0.3 is 0 Å². The zero-order valence-corrected chi connectivity index (χ0v) is 24.7. The van der Waals surface area contributed by atoms with Crippen LogP contribution < -0.4 is 5.56 Å². The number of rotatable bonds is 5. The van der Waals surface area contributed by atoms with E-state index < -0.39 is 0 Å². The molecule has 1 heterocycles. The molecule has 0 amide bonds. The van der Waals surface area contributed by atoms with Crippen molar-refractivity contribution in [3.05, 3.63) is 174 Å². The van der Waals surface area contributed by atoms with Gasteiger partial charge in [0.05, 0.1) is 5.52 Å². The van der Waals surface area contributed by atoms with Crippen molar-refractivity contribution in [3.63, 3.8) is 0 Å². The maximum atomic E-state index is 13.8. The lowest BCUT2D eigenvalue weighted by atomic mass is 9.83. The fraction of sp³-hybridized carbons (Fsp3) is 0. The predicted molar refractivity (Wildman–Crippen MR) is 193 cm³/mol. The Balaban J connectivity index is 1.47. The van der Waals surface area contributed by atoms with E-state index in [0.29, 0.717) is 5.39 Å². The maximum absolute atomic E-state index is 13.8. The van der Waals surface area contributed by atoms with Crippen LogP contribution in [0.15, 0.2) is 157 Å². The fourth-order valence-corrected chi connectivity index (χ4v) is 6.94. The molecule has 8 rings (SSSR count). The average molecular weight is 576 g/mol. The molecule has 0 bridgehead atoms. The second-order valence-electron chi connectivity index (χ2n) is 11.3. The largest absolute Gasteiger partial charge is 0.276 e. The minimum atomic E-state index is -0.0250. The summed E-state index contributed by atoms with van der Waals surface area (Å²) in [5.74, 6) is 0. The molecule has 2 nitrogen and oxygen atoms in total. The second kappa shape index (κ2) is 10.6. The van der Waals surface area contributed by atoms with Gasteiger partial charge in [-0.15, -0.1) is 0 Å². The van der Waals surface area contributed by atoms with Crippen LogP contribution in [-0.2, 0) is 0 Å². The first-order valence-corrected chi connectivity index (χ1v) is 15.1. The van der Waals surface area contributed by atoms with E-state index in [2.05, 4.69) is 98.1 Å². The van der Waals surface area contributed by atoms with Crippen LogP contribution in [0.3, 0.4) is 0 Å². The Morgan fingerprint density at radius 2 is 1.00 bits per heavy atom. The van der Waals surface area contributed by atoms with Gasteiger partial charge in [0.2, 0.25) is 0 Å². The standard InChI is InChI=1S/C43H29NO/c1-3-33-34(4-2)42(37-20-12-11-19-36(37)41(33)30-23-22-28-14-8-9-15-29(28)26-30)31-24-25-40-39(27-31)35-18-10-13-21-38(35)43(45)44(40)32-16-6-5-7-17-32/h3-27H,1-2H2. The first kappa shape index (κ1) is 26.6. The number of hydrogen-bond acceptors (Lipinski definition) is 1. The quantitative estimate of drug-likeness (QED) is 0.187. The molecule has 0 N–H and O–H groups in total. The summed E-state index contributed by atoms with van der Waals surface area (Å²) in [6.45, 7) is 8.59. The van der Waals surface area contributed by atoms with Gasteiger partial charge in [0, 0.05) is 16.5 Å². The zero-order valence-electron chi connectivity index (χ0n) is 24.7. The molecule has 0 aliphatic rings. The van der Waals surface area contributed by atoms with Crippen molar-refractivity contribution >= 4 is 55.4 Å². The molecule has 212 valence electrons. The number of nitrogens with zero attached hydrogens (tertiary/aromatic N) is 1. The Morgan fingerprint density at radius 1 is 0.467 bits per heavy atom. The van der Waals surface area contributed by atoms with Crippen LogP contribution in [0.4, 0.5) is 0 Å². The molecular weight excluding hydrogens is 546 g/mol. The van der Waals surface area contributed by atoms with E-state index in [1.807, 2.05) is 71.3 Å². The van der Waals surface area contributed by atoms with Gasteiger partial charge in [0.15, 0.2) is 0 Å². The van der Waals surface area contributed by atoms with Crippen molar-refractivity contribution in [2.75, 3.05) is 0 Å². The molecule has 7 aromatic carbocycles. The summed E-state index contributed by atoms with van der Waals surface area (Å²) >= 11 is 0. The molecule has 0 unspecified atom stereocenters. The van der Waals surface area contributed by atoms with E-state index >= 15 is 0 Å². The Bertz CT molecular complexity index is 2540. The highest BCUT2D eigenvalue weighted by Gasteiger charge is 2.20. The van der Waals surface area contributed by atoms with Crippen LogP contribution in [-0.4, -0.2) is 4.57 Å². The second-order valence-corrected chi connectivity index (χ2v) is 11.3. The summed E-state index contributed by atoms with van der Waals surface area (Å²) in [7, 11) is 0. The third kappa shape index (κ3) is 4.15. The van der Waals surface area contributed by atoms with Crippen LogP contribution >= 0.6 is 0 Å². The highest BCUT2D eigenvalue weighted by Crippen LogP contribution is 2.44. The van der Waals surface area contributed by atoms with Gasteiger partial charge in [0.1, 0.15) is 0 Å². The zero-order chi connectivity index (χ0) is 30.5. The predicted octanol–water partition coefficient (Wildman–Crippen LogP) is 11.1. The van der Waals surface area contributed by atoms with E-state index in [1.165, 1.54) is 10.8 Å². The van der Waals surface area contributed by atoms with Crippen molar-refractivity contribution in [2.45, 2.75) is 0 Å². The van der Waals surface area contributed by atoms with Crippen LogP contribution in [0.25, 0.3) is 83.3 Å². The number of benzene rings is 7. The van der Waals surface area contributed by atoms with Crippen molar-refractivity contribution in [2.24, 2.45) is 0 Å². The molecule has 45 heavy (non-hydrogen) atoms. The Kier molecular flexibility index (Phi) is 6.28. The van der Waals surface area contributed by atoms with Gasteiger partial charge in [-0.25, -0.2) is 0 Å². The smallest absolute Gasteiger partial charge is 0.263 e. The Hall–Kier alpha value is -5.99. The fourth-order valence-electron chi connectivity index (χ4n) is 6.94. The highest BCUT2D eigenvalue weighted by atomic mass is 16.1. The van der Waals surface area contributed by atoms with Gasteiger partial charge in [-0.05, 0) is 96.7 Å². The molecule has 0 spiro atoms. The molecule has 0 aliphatic heterocycles. The van der Waals surface area contributed by atoms with Crippen molar-refractivity contribution in [1.29, 1.82) is 0 Å². The van der Waals surface area contributed by atoms with Gasteiger partial charge in [0.25, 0.3) is 5.56 Å². The van der Waals surface area contributed by atoms with Crippen LogP contribution in [0.1, 0.15) is 11.1 Å². The Labute approximate surface area is 261 Å². The van der Waals surface area contributed by atoms with Gasteiger partial charge in [-0.1, -0.05) is 128 Å². The summed E-state index contributed by atoms with van der Waals surface area (Å²) in [6.07, 6.45) is 3.91. The maximum Gasteiger partial charge on any atom is 0.263 e. The molecule has 0 atom stereocenters. The van der Waals surface area contributed by atoms with E-state index in [0.717, 1.165) is 66.1 Å². The summed E-state index contributed by atoms with van der Waals surface area (Å²) in [5, 5.41) is 7.35. The summed E-state index contributed by atoms with van der Waals surface area (Å²) < 4.78 is 1.83. The molecule has 0 aliphatic carbocycles. The van der Waals surface area contributed by atoms with E-state index in [-0.39, 0.29) is 5.56 Å². The van der Waals surface area contributed by atoms with Crippen molar-refractivity contribution in [3.8, 4) is 27.9 Å². The number of fused-ring (bicyclic) bond motifs is 5. The van der Waals surface area contributed by atoms with Crippen LogP contribution in [0.2, 0.25) is 0 Å². The first-order valence-electron chi connectivity index (χ1n) is 15.1. The summed E-state index contributed by atoms with van der Waals surface area (Å²) in [5.41, 5.74) is 8.23. The van der Waals surface area contributed by atoms with E-state index in [4.69, 9.17) is 0 Å². The van der Waals surface area contributed by atoms with Crippen LogP contribution in [0.5, 0.6) is 0 Å². The summed E-state index contributed by atoms with van der Waals surface area (Å²) in [6, 6.07) is 47.9. The minimum Gasteiger partial charge on any atom is -0.276 e. The SMILES string of the molecule is C=Cc1c(C=C)c(-c2ccc3c(c2)c2ccccc2c(=O)n3-c2ccccc2)c2ccccc2c1-c1ccc2ccccc2c1. The molecule has 2 heteroatoms. The van der Waals surface area contributed by atoms with Crippen molar-refractivity contribution < 1.29 is 0 Å². The van der Waals surface area contributed by atoms with Crippen LogP contribution in [0, 0.1) is 0 Å².